The van der Waals surface area contributed by atoms with Gasteiger partial charge < -0.3 is 15.7 Å². The highest BCUT2D eigenvalue weighted by molar-refractivity contribution is 5.82. The third-order valence-corrected chi connectivity index (χ3v) is 2.71. The van der Waals surface area contributed by atoms with Crippen LogP contribution in [0.4, 0.5) is 0 Å². The Kier molecular flexibility index (Phi) is 5.44. The third kappa shape index (κ3) is 5.05. The van der Waals surface area contributed by atoms with Crippen molar-refractivity contribution in [1.29, 1.82) is 0 Å². The van der Waals surface area contributed by atoms with Crippen LogP contribution in [-0.2, 0) is 16.1 Å². The number of amides is 1. The summed E-state index contributed by atoms with van der Waals surface area (Å²) in [7, 11) is 1.63. The molecule has 0 aliphatic heterocycles. The molecule has 0 saturated carbocycles. The zero-order chi connectivity index (χ0) is 14.4. The van der Waals surface area contributed by atoms with Gasteiger partial charge in [0.1, 0.15) is 0 Å². The molecule has 0 radical (unpaired) electrons. The number of carbonyl (C=O) groups is 2. The second kappa shape index (κ2) is 6.84. The van der Waals surface area contributed by atoms with Gasteiger partial charge in [-0.15, -0.1) is 0 Å². The number of carboxylic acid groups (broad SMARTS) is 1. The Morgan fingerprint density at radius 2 is 2.16 bits per heavy atom. The van der Waals surface area contributed by atoms with E-state index in [4.69, 9.17) is 10.8 Å². The molecule has 0 fully saturated rings. The van der Waals surface area contributed by atoms with Gasteiger partial charge in [-0.25, -0.2) is 0 Å². The van der Waals surface area contributed by atoms with Gasteiger partial charge >= 0.3 is 5.97 Å². The fraction of sp³-hybridized carbons (Fsp3) is 0.462. The number of nitrogens with zero attached hydrogens (tertiary/aromatic N) is 2. The Morgan fingerprint density at radius 1 is 1.47 bits per heavy atom. The van der Waals surface area contributed by atoms with Crippen LogP contribution in [0, 0.1) is 6.92 Å². The van der Waals surface area contributed by atoms with Gasteiger partial charge in [-0.05, 0) is 25.5 Å². The maximum atomic E-state index is 11.9. The highest BCUT2D eigenvalue weighted by atomic mass is 16.4. The second-order valence-corrected chi connectivity index (χ2v) is 4.50. The van der Waals surface area contributed by atoms with E-state index in [2.05, 4.69) is 4.98 Å². The summed E-state index contributed by atoms with van der Waals surface area (Å²) in [6.07, 6.45) is 0.0309. The number of nitrogens with two attached hydrogens (primary N) is 1. The van der Waals surface area contributed by atoms with Crippen molar-refractivity contribution in [2.75, 3.05) is 7.05 Å². The predicted octanol–water partition coefficient (Wildman–Crippen LogP) is 0.541. The lowest BCUT2D eigenvalue weighted by Gasteiger charge is -2.20. The molecule has 0 spiro atoms. The van der Waals surface area contributed by atoms with Gasteiger partial charge in [-0.3, -0.25) is 14.6 Å². The summed E-state index contributed by atoms with van der Waals surface area (Å²) in [4.78, 5) is 28.1. The normalized spacial score (nSPS) is 11.9. The van der Waals surface area contributed by atoms with E-state index >= 15 is 0 Å². The monoisotopic (exact) mass is 265 g/mol. The van der Waals surface area contributed by atoms with Crippen molar-refractivity contribution in [2.45, 2.75) is 32.4 Å². The minimum absolute atomic E-state index is 0.108. The van der Waals surface area contributed by atoms with Crippen molar-refractivity contribution in [3.63, 3.8) is 0 Å². The second-order valence-electron chi connectivity index (χ2n) is 4.50. The average Bonchev–Trinajstić information content (AvgIpc) is 2.34. The number of likely N-dealkylation sites (N-methyl/N-ethyl adjacent to an activating group) is 1. The molecule has 3 N–H and O–H groups in total. The van der Waals surface area contributed by atoms with Crippen LogP contribution in [0.25, 0.3) is 0 Å². The summed E-state index contributed by atoms with van der Waals surface area (Å²) >= 11 is 0. The third-order valence-electron chi connectivity index (χ3n) is 2.71. The lowest BCUT2D eigenvalue weighted by molar-refractivity contribution is -0.137. The summed E-state index contributed by atoms with van der Waals surface area (Å²) in [6.45, 7) is 2.24. The Bertz CT molecular complexity index is 462. The minimum atomic E-state index is -0.953. The number of carboxylic acids is 1. The zero-order valence-electron chi connectivity index (χ0n) is 11.2. The van der Waals surface area contributed by atoms with E-state index < -0.39 is 12.0 Å². The van der Waals surface area contributed by atoms with Crippen molar-refractivity contribution in [3.05, 3.63) is 29.6 Å². The van der Waals surface area contributed by atoms with Gasteiger partial charge in [0, 0.05) is 19.2 Å². The fourth-order valence-corrected chi connectivity index (χ4v) is 1.69. The Morgan fingerprint density at radius 3 is 2.74 bits per heavy atom. The molecule has 6 heteroatoms. The number of aryl methyl sites for hydroxylation is 1. The first-order chi connectivity index (χ1) is 8.90. The van der Waals surface area contributed by atoms with Crippen molar-refractivity contribution in [2.24, 2.45) is 5.73 Å². The van der Waals surface area contributed by atoms with Crippen LogP contribution >= 0.6 is 0 Å². The summed E-state index contributed by atoms with van der Waals surface area (Å²) < 4.78 is 0. The summed E-state index contributed by atoms with van der Waals surface area (Å²) in [5.41, 5.74) is 7.34. The summed E-state index contributed by atoms with van der Waals surface area (Å²) in [5, 5.41) is 8.56. The molecule has 0 aromatic carbocycles. The zero-order valence-corrected chi connectivity index (χ0v) is 11.2. The Labute approximate surface area is 112 Å². The van der Waals surface area contributed by atoms with E-state index in [0.29, 0.717) is 6.54 Å². The predicted molar refractivity (Wildman–Crippen MR) is 70.3 cm³/mol. The van der Waals surface area contributed by atoms with Gasteiger partial charge in [-0.2, -0.15) is 0 Å². The van der Waals surface area contributed by atoms with Gasteiger partial charge in [0.15, 0.2) is 0 Å². The molecule has 104 valence electrons. The van der Waals surface area contributed by atoms with Crippen LogP contribution in [0.2, 0.25) is 0 Å². The number of aliphatic carboxylic acids is 1. The van der Waals surface area contributed by atoms with Crippen molar-refractivity contribution < 1.29 is 14.7 Å². The standard InChI is InChI=1S/C13H19N3O3/c1-9-4-3-5-10(15-9)8-16(2)13(19)11(14)6-7-12(17)18/h3-5,11H,6-8,14H2,1-2H3,(H,17,18). The van der Waals surface area contributed by atoms with Gasteiger partial charge in [0.2, 0.25) is 5.91 Å². The first-order valence-corrected chi connectivity index (χ1v) is 6.05. The maximum absolute atomic E-state index is 11.9. The molecule has 1 heterocycles. The largest absolute Gasteiger partial charge is 0.481 e. The molecule has 6 nitrogen and oxygen atoms in total. The molecular weight excluding hydrogens is 246 g/mol. The maximum Gasteiger partial charge on any atom is 0.303 e. The number of carbonyl (C=O) groups excluding carboxylic acids is 1. The van der Waals surface area contributed by atoms with E-state index in [0.717, 1.165) is 11.4 Å². The number of hydrogen-bond donors (Lipinski definition) is 2. The molecule has 1 unspecified atom stereocenters. The number of hydrogen-bond acceptors (Lipinski definition) is 4. The van der Waals surface area contributed by atoms with E-state index in [9.17, 15) is 9.59 Å². The van der Waals surface area contributed by atoms with Gasteiger partial charge in [0.05, 0.1) is 18.3 Å². The van der Waals surface area contributed by atoms with Crippen LogP contribution < -0.4 is 5.73 Å². The van der Waals surface area contributed by atoms with Crippen molar-refractivity contribution in [1.82, 2.24) is 9.88 Å². The summed E-state index contributed by atoms with van der Waals surface area (Å²) in [5.74, 6) is -1.23. The van der Waals surface area contributed by atoms with Gasteiger partial charge in [-0.1, -0.05) is 6.07 Å². The van der Waals surface area contributed by atoms with E-state index in [1.54, 1.807) is 7.05 Å². The van der Waals surface area contributed by atoms with Crippen LogP contribution in [-0.4, -0.2) is 40.0 Å². The number of pyridine rings is 1. The molecule has 0 saturated heterocycles. The Hall–Kier alpha value is -1.95. The molecule has 0 bridgehead atoms. The topological polar surface area (TPSA) is 96.5 Å². The quantitative estimate of drug-likeness (QED) is 0.782. The number of rotatable bonds is 6. The SMILES string of the molecule is Cc1cccc(CN(C)C(=O)C(N)CCC(=O)O)n1. The van der Waals surface area contributed by atoms with Crippen molar-refractivity contribution >= 4 is 11.9 Å². The minimum Gasteiger partial charge on any atom is -0.481 e. The molecule has 1 aromatic heterocycles. The van der Waals surface area contributed by atoms with Crippen LogP contribution in [0.5, 0.6) is 0 Å². The fourth-order valence-electron chi connectivity index (χ4n) is 1.69. The lowest BCUT2D eigenvalue weighted by atomic mass is 10.1. The first kappa shape index (κ1) is 15.1. The molecule has 1 amide bonds. The van der Waals surface area contributed by atoms with E-state index in [-0.39, 0.29) is 18.7 Å². The van der Waals surface area contributed by atoms with Crippen molar-refractivity contribution in [3.8, 4) is 0 Å². The van der Waals surface area contributed by atoms with Crippen LogP contribution in [0.15, 0.2) is 18.2 Å². The molecule has 0 aliphatic carbocycles. The van der Waals surface area contributed by atoms with E-state index in [1.165, 1.54) is 4.90 Å². The highest BCUT2D eigenvalue weighted by Crippen LogP contribution is 2.05. The smallest absolute Gasteiger partial charge is 0.303 e. The van der Waals surface area contributed by atoms with Gasteiger partial charge in [0.25, 0.3) is 0 Å². The molecule has 1 rings (SSSR count). The van der Waals surface area contributed by atoms with Crippen LogP contribution in [0.3, 0.4) is 0 Å². The molecule has 1 aromatic rings. The lowest BCUT2D eigenvalue weighted by Crippen LogP contribution is -2.41. The van der Waals surface area contributed by atoms with E-state index in [1.807, 2.05) is 25.1 Å². The molecule has 0 aliphatic rings. The molecule has 19 heavy (non-hydrogen) atoms. The Balaban J connectivity index is 2.54. The highest BCUT2D eigenvalue weighted by Gasteiger charge is 2.19. The molecule has 1 atom stereocenters. The first-order valence-electron chi connectivity index (χ1n) is 6.05. The summed E-state index contributed by atoms with van der Waals surface area (Å²) in [6, 6.07) is 4.80. The van der Waals surface area contributed by atoms with Crippen LogP contribution in [0.1, 0.15) is 24.2 Å². The average molecular weight is 265 g/mol. The number of aromatic nitrogens is 1. The molecular formula is C13H19N3O3.